The number of aromatic nitrogens is 1. The molecular formula is C12H15FN4O2. The van der Waals surface area contributed by atoms with Crippen molar-refractivity contribution in [3.63, 3.8) is 0 Å². The summed E-state index contributed by atoms with van der Waals surface area (Å²) in [6.45, 7) is 0.152. The predicted octanol–water partition coefficient (Wildman–Crippen LogP) is 0.201. The molecule has 2 rings (SSSR count). The molecule has 0 aromatic carbocycles. The molecule has 0 radical (unpaired) electrons. The average molecular weight is 266 g/mol. The van der Waals surface area contributed by atoms with E-state index in [4.69, 9.17) is 5.73 Å². The van der Waals surface area contributed by atoms with Crippen LogP contribution in [0.3, 0.4) is 0 Å². The zero-order valence-electron chi connectivity index (χ0n) is 10.3. The minimum absolute atomic E-state index is 0.113. The van der Waals surface area contributed by atoms with Gasteiger partial charge in [-0.25, -0.2) is 9.37 Å². The molecule has 0 atom stereocenters. The normalized spacial score (nSPS) is 13.9. The summed E-state index contributed by atoms with van der Waals surface area (Å²) in [7, 11) is 0. The second-order valence-electron chi connectivity index (χ2n) is 4.41. The Labute approximate surface area is 109 Å². The first-order chi connectivity index (χ1) is 9.08. The summed E-state index contributed by atoms with van der Waals surface area (Å²) in [6.07, 6.45) is 3.46. The zero-order valence-corrected chi connectivity index (χ0v) is 10.3. The van der Waals surface area contributed by atoms with E-state index in [-0.39, 0.29) is 30.3 Å². The number of nitrogens with two attached hydrogens (primary N) is 1. The number of nitrogens with zero attached hydrogens (tertiary/aromatic N) is 1. The summed E-state index contributed by atoms with van der Waals surface area (Å²) < 4.78 is 13.5. The number of pyridine rings is 1. The summed E-state index contributed by atoms with van der Waals surface area (Å²) in [5, 5.41) is 5.26. The number of amides is 2. The van der Waals surface area contributed by atoms with Gasteiger partial charge in [0.15, 0.2) is 11.6 Å². The van der Waals surface area contributed by atoms with Crippen molar-refractivity contribution in [2.45, 2.75) is 25.3 Å². The molecule has 1 heterocycles. The van der Waals surface area contributed by atoms with E-state index in [9.17, 15) is 14.0 Å². The Hall–Kier alpha value is -2.18. The second-order valence-corrected chi connectivity index (χ2v) is 4.41. The summed E-state index contributed by atoms with van der Waals surface area (Å²) in [5.41, 5.74) is 5.10. The van der Waals surface area contributed by atoms with Crippen molar-refractivity contribution in [3.8, 4) is 0 Å². The van der Waals surface area contributed by atoms with Crippen molar-refractivity contribution < 1.29 is 14.0 Å². The molecule has 0 spiro atoms. The maximum Gasteiger partial charge on any atom is 0.254 e. The van der Waals surface area contributed by atoms with Crippen LogP contribution in [0.4, 0.5) is 10.2 Å². The maximum atomic E-state index is 13.5. The largest absolute Gasteiger partial charge is 0.381 e. The monoisotopic (exact) mass is 266 g/mol. The summed E-state index contributed by atoms with van der Waals surface area (Å²) >= 11 is 0. The Bertz CT molecular complexity index is 503. The fourth-order valence-corrected chi connectivity index (χ4v) is 1.55. The van der Waals surface area contributed by atoms with Gasteiger partial charge in [-0.1, -0.05) is 0 Å². The van der Waals surface area contributed by atoms with Crippen LogP contribution >= 0.6 is 0 Å². The molecule has 0 saturated heterocycles. The first kappa shape index (κ1) is 13.3. The van der Waals surface area contributed by atoms with Crippen molar-refractivity contribution in [1.82, 2.24) is 15.6 Å². The predicted molar refractivity (Wildman–Crippen MR) is 66.7 cm³/mol. The Morgan fingerprint density at radius 1 is 1.47 bits per heavy atom. The Kier molecular flexibility index (Phi) is 3.94. The molecule has 1 aromatic heterocycles. The number of halogens is 1. The summed E-state index contributed by atoms with van der Waals surface area (Å²) in [6, 6.07) is 1.53. The number of carbonyl (C=O) groups is 2. The van der Waals surface area contributed by atoms with E-state index >= 15 is 0 Å². The fraction of sp³-hybridized carbons (Fsp3) is 0.417. The van der Waals surface area contributed by atoms with Crippen LogP contribution in [0.5, 0.6) is 0 Å². The molecule has 1 saturated carbocycles. The van der Waals surface area contributed by atoms with Crippen LogP contribution in [-0.2, 0) is 4.79 Å². The molecule has 1 aliphatic carbocycles. The third-order valence-corrected chi connectivity index (χ3v) is 2.74. The van der Waals surface area contributed by atoms with Gasteiger partial charge in [-0.15, -0.1) is 0 Å². The number of carbonyl (C=O) groups excluding carboxylic acids is 2. The Morgan fingerprint density at radius 2 is 2.21 bits per heavy atom. The highest BCUT2D eigenvalue weighted by molar-refractivity contribution is 5.95. The quantitative estimate of drug-likeness (QED) is 0.709. The molecule has 1 aliphatic rings. The van der Waals surface area contributed by atoms with Gasteiger partial charge < -0.3 is 16.4 Å². The lowest BCUT2D eigenvalue weighted by atomic mass is 10.2. The minimum atomic E-state index is -0.845. The summed E-state index contributed by atoms with van der Waals surface area (Å²) in [4.78, 5) is 26.6. The van der Waals surface area contributed by atoms with Gasteiger partial charge in [-0.3, -0.25) is 9.59 Å². The van der Waals surface area contributed by atoms with Gasteiger partial charge in [0.25, 0.3) is 5.91 Å². The number of nitrogens with one attached hydrogen (secondary N) is 2. The SMILES string of the molecule is Nc1nccc(C(=O)NCCC(=O)NC2CC2)c1F. The number of hydrogen-bond donors (Lipinski definition) is 3. The first-order valence-corrected chi connectivity index (χ1v) is 6.05. The molecule has 102 valence electrons. The van der Waals surface area contributed by atoms with E-state index < -0.39 is 11.7 Å². The van der Waals surface area contributed by atoms with Crippen LogP contribution in [0, 0.1) is 5.82 Å². The first-order valence-electron chi connectivity index (χ1n) is 6.05. The van der Waals surface area contributed by atoms with Gasteiger partial charge in [0, 0.05) is 25.2 Å². The number of rotatable bonds is 5. The van der Waals surface area contributed by atoms with Crippen LogP contribution in [0.25, 0.3) is 0 Å². The minimum Gasteiger partial charge on any atom is -0.381 e. The smallest absolute Gasteiger partial charge is 0.254 e. The molecule has 0 bridgehead atoms. The van der Waals surface area contributed by atoms with Gasteiger partial charge in [-0.05, 0) is 18.9 Å². The molecule has 7 heteroatoms. The number of nitrogen functional groups attached to an aromatic ring is 1. The standard InChI is InChI=1S/C12H15FN4O2/c13-10-8(3-5-15-11(10)14)12(19)16-6-4-9(18)17-7-1-2-7/h3,5,7H,1-2,4,6H2,(H2,14,15)(H,16,19)(H,17,18). The number of anilines is 1. The van der Waals surface area contributed by atoms with Crippen molar-refractivity contribution in [2.75, 3.05) is 12.3 Å². The third kappa shape index (κ3) is 3.64. The van der Waals surface area contributed by atoms with Crippen molar-refractivity contribution in [2.24, 2.45) is 0 Å². The molecule has 4 N–H and O–H groups in total. The van der Waals surface area contributed by atoms with E-state index in [0.717, 1.165) is 12.8 Å². The molecule has 6 nitrogen and oxygen atoms in total. The van der Waals surface area contributed by atoms with E-state index in [1.807, 2.05) is 0 Å². The van der Waals surface area contributed by atoms with Gasteiger partial charge >= 0.3 is 0 Å². The highest BCUT2D eigenvalue weighted by atomic mass is 19.1. The molecule has 1 fully saturated rings. The second kappa shape index (κ2) is 5.64. The van der Waals surface area contributed by atoms with Crippen LogP contribution < -0.4 is 16.4 Å². The lowest BCUT2D eigenvalue weighted by Gasteiger charge is -2.07. The van der Waals surface area contributed by atoms with Crippen LogP contribution in [-0.4, -0.2) is 29.4 Å². The van der Waals surface area contributed by atoms with Crippen molar-refractivity contribution in [1.29, 1.82) is 0 Å². The molecule has 0 unspecified atom stereocenters. The van der Waals surface area contributed by atoms with E-state index in [1.165, 1.54) is 12.3 Å². The van der Waals surface area contributed by atoms with Crippen LogP contribution in [0.15, 0.2) is 12.3 Å². The summed E-state index contributed by atoms with van der Waals surface area (Å²) in [5.74, 6) is -1.88. The third-order valence-electron chi connectivity index (χ3n) is 2.74. The van der Waals surface area contributed by atoms with Gasteiger partial charge in [-0.2, -0.15) is 0 Å². The van der Waals surface area contributed by atoms with Crippen LogP contribution in [0.2, 0.25) is 0 Å². The van der Waals surface area contributed by atoms with Crippen LogP contribution in [0.1, 0.15) is 29.6 Å². The van der Waals surface area contributed by atoms with E-state index in [1.54, 1.807) is 0 Å². The lowest BCUT2D eigenvalue weighted by Crippen LogP contribution is -2.32. The topological polar surface area (TPSA) is 97.1 Å². The van der Waals surface area contributed by atoms with Crippen molar-refractivity contribution >= 4 is 17.6 Å². The zero-order chi connectivity index (χ0) is 13.8. The molecular weight excluding hydrogens is 251 g/mol. The highest BCUT2D eigenvalue weighted by Crippen LogP contribution is 2.18. The average Bonchev–Trinajstić information content (AvgIpc) is 3.16. The molecule has 0 aliphatic heterocycles. The van der Waals surface area contributed by atoms with E-state index in [2.05, 4.69) is 15.6 Å². The lowest BCUT2D eigenvalue weighted by molar-refractivity contribution is -0.121. The van der Waals surface area contributed by atoms with Gasteiger partial charge in [0.1, 0.15) is 0 Å². The van der Waals surface area contributed by atoms with Crippen molar-refractivity contribution in [3.05, 3.63) is 23.6 Å². The van der Waals surface area contributed by atoms with E-state index in [0.29, 0.717) is 6.04 Å². The molecule has 2 amide bonds. The van der Waals surface area contributed by atoms with Gasteiger partial charge in [0.2, 0.25) is 5.91 Å². The molecule has 19 heavy (non-hydrogen) atoms. The Morgan fingerprint density at radius 3 is 2.89 bits per heavy atom. The molecule has 1 aromatic rings. The number of hydrogen-bond acceptors (Lipinski definition) is 4. The van der Waals surface area contributed by atoms with Gasteiger partial charge in [0.05, 0.1) is 5.56 Å². The Balaban J connectivity index is 1.80. The fourth-order valence-electron chi connectivity index (χ4n) is 1.55. The highest BCUT2D eigenvalue weighted by Gasteiger charge is 2.23. The maximum absolute atomic E-state index is 13.5.